The van der Waals surface area contributed by atoms with Gasteiger partial charge in [-0.3, -0.25) is 4.79 Å². The Hall–Kier alpha value is -3.15. The Kier molecular flexibility index (Phi) is 7.59. The number of aliphatic hydroxyl groups is 1. The first-order chi connectivity index (χ1) is 19.3. The summed E-state index contributed by atoms with van der Waals surface area (Å²) >= 11 is 0. The molecule has 0 saturated carbocycles. The number of benzene rings is 1. The number of hydrogen-bond acceptors (Lipinski definition) is 10. The number of hydrogen-bond donors (Lipinski definition) is 3. The summed E-state index contributed by atoms with van der Waals surface area (Å²) in [6.07, 6.45) is 1.72. The maximum atomic E-state index is 13.2. The number of methoxy groups -OCH3 is 1. The summed E-state index contributed by atoms with van der Waals surface area (Å²) in [5, 5.41) is 14.8. The lowest BCUT2D eigenvalue weighted by Crippen LogP contribution is -2.74. The van der Waals surface area contributed by atoms with Crippen LogP contribution in [-0.4, -0.2) is 84.5 Å². The zero-order valence-electron chi connectivity index (χ0n) is 24.6. The minimum absolute atomic E-state index is 0.132. The molecule has 5 rings (SSSR count). The SMILES string of the molecule is COc1ccc2c3c1O[C@H]1C(OC(=O)C(C)OC(=O)[C@H](C)NC(=O)[C@@H](N)CC(C)C)=CC[C@@]4(O)[C@@H](C2)N(C)CC[C@]314. The molecule has 1 unspecified atom stereocenters. The van der Waals surface area contributed by atoms with Gasteiger partial charge in [0.2, 0.25) is 5.91 Å². The van der Waals surface area contributed by atoms with Gasteiger partial charge < -0.3 is 40.0 Å². The number of esters is 2. The summed E-state index contributed by atoms with van der Waals surface area (Å²) in [5.41, 5.74) is 5.96. The molecule has 41 heavy (non-hydrogen) atoms. The Morgan fingerprint density at radius 1 is 1.22 bits per heavy atom. The van der Waals surface area contributed by atoms with Crippen LogP contribution in [0.2, 0.25) is 0 Å². The van der Waals surface area contributed by atoms with E-state index in [1.807, 2.05) is 33.0 Å². The van der Waals surface area contributed by atoms with Crippen LogP contribution in [0.1, 0.15) is 58.1 Å². The molecule has 11 nitrogen and oxygen atoms in total. The second-order valence-corrected chi connectivity index (χ2v) is 12.3. The smallest absolute Gasteiger partial charge is 0.352 e. The van der Waals surface area contributed by atoms with Crippen molar-refractivity contribution in [1.29, 1.82) is 0 Å². The summed E-state index contributed by atoms with van der Waals surface area (Å²) in [5.74, 6) is -0.407. The average molecular weight is 572 g/mol. The van der Waals surface area contributed by atoms with Crippen LogP contribution in [0.5, 0.6) is 11.5 Å². The molecule has 2 heterocycles. The van der Waals surface area contributed by atoms with Crippen molar-refractivity contribution in [3.8, 4) is 11.5 Å². The molecule has 2 bridgehead atoms. The number of carbonyl (C=O) groups excluding carboxylic acids is 3. The van der Waals surface area contributed by atoms with E-state index in [2.05, 4.69) is 10.2 Å². The van der Waals surface area contributed by atoms with Gasteiger partial charge in [-0.05, 0) is 70.3 Å². The molecule has 1 spiro atoms. The number of rotatable bonds is 9. The number of likely N-dealkylation sites (tertiary alicyclic amines) is 1. The van der Waals surface area contributed by atoms with E-state index in [1.54, 1.807) is 13.2 Å². The Bertz CT molecular complexity index is 1280. The number of ether oxygens (including phenoxy) is 4. The van der Waals surface area contributed by atoms with E-state index in [1.165, 1.54) is 13.8 Å². The third kappa shape index (κ3) is 4.58. The van der Waals surface area contributed by atoms with Crippen molar-refractivity contribution in [2.24, 2.45) is 11.7 Å². The van der Waals surface area contributed by atoms with Gasteiger partial charge in [0, 0.05) is 18.0 Å². The number of nitrogens with one attached hydrogen (secondary N) is 1. The molecule has 0 aromatic heterocycles. The number of amides is 1. The minimum Gasteiger partial charge on any atom is -0.493 e. The lowest BCUT2D eigenvalue weighted by Gasteiger charge is -2.61. The molecule has 1 amide bonds. The third-order valence-corrected chi connectivity index (χ3v) is 9.18. The summed E-state index contributed by atoms with van der Waals surface area (Å²) in [6.45, 7) is 7.52. The predicted octanol–water partition coefficient (Wildman–Crippen LogP) is 1.33. The Labute approximate surface area is 240 Å². The number of nitrogens with two attached hydrogens (primary N) is 1. The number of carbonyl (C=O) groups is 3. The zero-order chi connectivity index (χ0) is 29.9. The van der Waals surface area contributed by atoms with Crippen molar-refractivity contribution in [3.63, 3.8) is 0 Å². The van der Waals surface area contributed by atoms with Gasteiger partial charge in [-0.15, -0.1) is 0 Å². The standard InChI is InChI=1S/C30H41N3O8/c1-15(2)13-19(31)26(34)32-16(3)27(35)39-17(4)28(36)40-21-9-10-30(37)22-14-18-7-8-20(38-6)24-23(18)29(30,25(21)41-24)11-12-33(22)5/h7-9,15-17,19,22,25,37H,10-14,31H2,1-6H3,(H,32,34)/t16-,17?,19-,22+,25-,29-,30+/m0/s1. The molecule has 11 heteroatoms. The molecule has 1 aromatic rings. The number of likely N-dealkylation sites (N-methyl/N-ethyl adjacent to an activating group) is 1. The van der Waals surface area contributed by atoms with E-state index >= 15 is 0 Å². The molecule has 224 valence electrons. The average Bonchev–Trinajstić information content (AvgIpc) is 3.27. The first kappa shape index (κ1) is 29.3. The highest BCUT2D eigenvalue weighted by molar-refractivity contribution is 5.88. The summed E-state index contributed by atoms with van der Waals surface area (Å²) in [4.78, 5) is 40.3. The number of piperidine rings is 1. The van der Waals surface area contributed by atoms with Crippen molar-refractivity contribution in [2.75, 3.05) is 20.7 Å². The van der Waals surface area contributed by atoms with E-state index < -0.39 is 53.2 Å². The molecule has 4 N–H and O–H groups in total. The van der Waals surface area contributed by atoms with Gasteiger partial charge in [-0.2, -0.15) is 0 Å². The van der Waals surface area contributed by atoms with E-state index in [-0.39, 0.29) is 24.1 Å². The van der Waals surface area contributed by atoms with Gasteiger partial charge >= 0.3 is 11.9 Å². The normalized spacial score (nSPS) is 29.8. The lowest BCUT2D eigenvalue weighted by molar-refractivity contribution is -0.176. The Balaban J connectivity index is 1.33. The highest BCUT2D eigenvalue weighted by Gasteiger charge is 2.72. The summed E-state index contributed by atoms with van der Waals surface area (Å²) in [6, 6.07) is 2.01. The van der Waals surface area contributed by atoms with Gasteiger partial charge in [-0.25, -0.2) is 9.59 Å². The molecule has 1 saturated heterocycles. The van der Waals surface area contributed by atoms with Gasteiger partial charge in [0.25, 0.3) is 0 Å². The largest absolute Gasteiger partial charge is 0.493 e. The second kappa shape index (κ2) is 10.6. The first-order valence-corrected chi connectivity index (χ1v) is 14.3. The lowest BCUT2D eigenvalue weighted by atomic mass is 9.50. The third-order valence-electron chi connectivity index (χ3n) is 9.18. The molecule has 1 fully saturated rings. The molecule has 0 radical (unpaired) electrons. The summed E-state index contributed by atoms with van der Waals surface area (Å²) in [7, 11) is 3.59. The fraction of sp³-hybridized carbons (Fsp3) is 0.633. The Morgan fingerprint density at radius 2 is 1.95 bits per heavy atom. The molecule has 7 atom stereocenters. The Morgan fingerprint density at radius 3 is 2.63 bits per heavy atom. The van der Waals surface area contributed by atoms with Gasteiger partial charge in [0.1, 0.15) is 11.8 Å². The minimum atomic E-state index is -1.25. The quantitative estimate of drug-likeness (QED) is 0.371. The van der Waals surface area contributed by atoms with Crippen LogP contribution in [0.4, 0.5) is 0 Å². The number of nitrogens with zero attached hydrogens (tertiary/aromatic N) is 1. The van der Waals surface area contributed by atoms with Crippen molar-refractivity contribution < 1.29 is 38.4 Å². The predicted molar refractivity (Wildman–Crippen MR) is 148 cm³/mol. The van der Waals surface area contributed by atoms with Crippen LogP contribution in [-0.2, 0) is 35.7 Å². The highest BCUT2D eigenvalue weighted by Crippen LogP contribution is 2.65. The molecular weight excluding hydrogens is 530 g/mol. The van der Waals surface area contributed by atoms with Crippen molar-refractivity contribution in [2.45, 2.75) is 94.7 Å². The zero-order valence-corrected chi connectivity index (χ0v) is 24.6. The van der Waals surface area contributed by atoms with Crippen molar-refractivity contribution in [3.05, 3.63) is 35.1 Å². The molecular formula is C30H41N3O8. The second-order valence-electron chi connectivity index (χ2n) is 12.3. The van der Waals surface area contributed by atoms with E-state index in [0.29, 0.717) is 30.8 Å². The molecule has 2 aliphatic carbocycles. The molecule has 1 aromatic carbocycles. The van der Waals surface area contributed by atoms with Gasteiger partial charge in [0.05, 0.1) is 24.2 Å². The van der Waals surface area contributed by atoms with Crippen LogP contribution in [0, 0.1) is 5.92 Å². The fourth-order valence-corrected chi connectivity index (χ4v) is 7.11. The van der Waals surface area contributed by atoms with Crippen LogP contribution >= 0.6 is 0 Å². The molecule has 2 aliphatic heterocycles. The van der Waals surface area contributed by atoms with E-state index in [0.717, 1.165) is 17.7 Å². The van der Waals surface area contributed by atoms with Crippen molar-refractivity contribution >= 4 is 17.8 Å². The maximum absolute atomic E-state index is 13.2. The fourth-order valence-electron chi connectivity index (χ4n) is 7.11. The van der Waals surface area contributed by atoms with E-state index in [9.17, 15) is 19.5 Å². The topological polar surface area (TPSA) is 150 Å². The highest BCUT2D eigenvalue weighted by atomic mass is 16.6. The van der Waals surface area contributed by atoms with Gasteiger partial charge in [-0.1, -0.05) is 19.9 Å². The summed E-state index contributed by atoms with van der Waals surface area (Å²) < 4.78 is 23.3. The maximum Gasteiger partial charge on any atom is 0.352 e. The molecule has 4 aliphatic rings. The van der Waals surface area contributed by atoms with Gasteiger partial charge in [0.15, 0.2) is 23.7 Å². The van der Waals surface area contributed by atoms with Crippen molar-refractivity contribution in [1.82, 2.24) is 10.2 Å². The van der Waals surface area contributed by atoms with Crippen LogP contribution in [0.3, 0.4) is 0 Å². The van der Waals surface area contributed by atoms with Crippen LogP contribution in [0.25, 0.3) is 0 Å². The van der Waals surface area contributed by atoms with Crippen LogP contribution in [0.15, 0.2) is 24.0 Å². The van der Waals surface area contributed by atoms with Crippen LogP contribution < -0.4 is 20.5 Å². The van der Waals surface area contributed by atoms with E-state index in [4.69, 9.17) is 24.7 Å². The first-order valence-electron chi connectivity index (χ1n) is 14.3. The monoisotopic (exact) mass is 571 g/mol.